The molecule has 1 saturated heterocycles. The van der Waals surface area contributed by atoms with Crippen LogP contribution in [0.3, 0.4) is 0 Å². The molecule has 0 saturated carbocycles. The second kappa shape index (κ2) is 6.07. The molecule has 18 heavy (non-hydrogen) atoms. The van der Waals surface area contributed by atoms with E-state index in [1.807, 2.05) is 37.2 Å². The number of halogens is 1. The summed E-state index contributed by atoms with van der Waals surface area (Å²) in [6.45, 7) is 3.32. The minimum Gasteiger partial charge on any atom is -0.378 e. The van der Waals surface area contributed by atoms with Crippen LogP contribution in [0.4, 0.5) is 11.4 Å². The lowest BCUT2D eigenvalue weighted by molar-refractivity contribution is 0.123. The minimum absolute atomic E-state index is 0.706. The Bertz CT molecular complexity index is 428. The van der Waals surface area contributed by atoms with Crippen molar-refractivity contribution in [1.82, 2.24) is 4.90 Å². The van der Waals surface area contributed by atoms with Crippen molar-refractivity contribution in [1.29, 1.82) is 0 Å². The van der Waals surface area contributed by atoms with E-state index in [-0.39, 0.29) is 0 Å². The number of hydrogen-bond acceptors (Lipinski definition) is 3. The van der Waals surface area contributed by atoms with Gasteiger partial charge in [-0.05, 0) is 18.2 Å². The summed E-state index contributed by atoms with van der Waals surface area (Å²) in [5.74, 6) is 0. The minimum atomic E-state index is 0.706. The van der Waals surface area contributed by atoms with Gasteiger partial charge in [-0.15, -0.1) is 0 Å². The highest BCUT2D eigenvalue weighted by atomic mass is 35.5. The number of rotatable bonds is 3. The van der Waals surface area contributed by atoms with E-state index >= 15 is 0 Å². The molecule has 98 valence electrons. The predicted octanol–water partition coefficient (Wildman–Crippen LogP) is 2.40. The summed E-state index contributed by atoms with van der Waals surface area (Å²) in [4.78, 5) is 8.66. The number of hydrogen-bond donors (Lipinski definition) is 0. The third kappa shape index (κ3) is 3.37. The Kier molecular flexibility index (Phi) is 4.44. The second-order valence-electron chi connectivity index (χ2n) is 4.44. The lowest BCUT2D eigenvalue weighted by Crippen LogP contribution is -2.36. The maximum Gasteiger partial charge on any atom is 0.0908 e. The third-order valence-corrected chi connectivity index (χ3v) is 2.95. The van der Waals surface area contributed by atoms with E-state index in [0.717, 1.165) is 37.7 Å². The van der Waals surface area contributed by atoms with Crippen molar-refractivity contribution >= 4 is 29.3 Å². The van der Waals surface area contributed by atoms with E-state index in [0.29, 0.717) is 5.02 Å². The van der Waals surface area contributed by atoms with Crippen LogP contribution in [0.5, 0.6) is 0 Å². The average molecular weight is 268 g/mol. The monoisotopic (exact) mass is 267 g/mol. The van der Waals surface area contributed by atoms with Crippen LogP contribution in [-0.2, 0) is 4.74 Å². The van der Waals surface area contributed by atoms with Gasteiger partial charge in [0.15, 0.2) is 0 Å². The Morgan fingerprint density at radius 3 is 2.72 bits per heavy atom. The zero-order valence-corrected chi connectivity index (χ0v) is 11.5. The van der Waals surface area contributed by atoms with Gasteiger partial charge >= 0.3 is 0 Å². The summed E-state index contributed by atoms with van der Waals surface area (Å²) in [6.07, 6.45) is 1.79. The molecule has 1 aromatic carbocycles. The zero-order valence-electron chi connectivity index (χ0n) is 10.8. The number of aliphatic imine (C=N–C) groups is 1. The molecule has 0 N–H and O–H groups in total. The summed E-state index contributed by atoms with van der Waals surface area (Å²) in [6, 6.07) is 5.82. The first-order valence-electron chi connectivity index (χ1n) is 5.99. The molecule has 4 nitrogen and oxygen atoms in total. The molecule has 1 aliphatic rings. The standard InChI is InChI=1S/C13H18ClN3O/c1-16(2)10-15-12-9-11(14)3-4-13(12)17-5-7-18-8-6-17/h3-4,9-10H,5-8H2,1-2H3. The van der Waals surface area contributed by atoms with Gasteiger partial charge in [0.1, 0.15) is 0 Å². The predicted molar refractivity (Wildman–Crippen MR) is 76.3 cm³/mol. The Labute approximate surface area is 113 Å². The van der Waals surface area contributed by atoms with Gasteiger partial charge in [-0.1, -0.05) is 11.6 Å². The molecular formula is C13H18ClN3O. The van der Waals surface area contributed by atoms with Crippen LogP contribution in [0.15, 0.2) is 23.2 Å². The summed E-state index contributed by atoms with van der Waals surface area (Å²) in [5, 5.41) is 0.706. The summed E-state index contributed by atoms with van der Waals surface area (Å²) in [5.41, 5.74) is 2.01. The fraction of sp³-hybridized carbons (Fsp3) is 0.462. The Morgan fingerprint density at radius 1 is 1.33 bits per heavy atom. The van der Waals surface area contributed by atoms with Crippen molar-refractivity contribution in [3.63, 3.8) is 0 Å². The van der Waals surface area contributed by atoms with Crippen molar-refractivity contribution in [2.45, 2.75) is 0 Å². The van der Waals surface area contributed by atoms with Crippen LogP contribution in [0.2, 0.25) is 5.02 Å². The molecule has 1 aromatic rings. The van der Waals surface area contributed by atoms with E-state index in [2.05, 4.69) is 9.89 Å². The van der Waals surface area contributed by atoms with Crippen LogP contribution in [-0.4, -0.2) is 51.6 Å². The van der Waals surface area contributed by atoms with Crippen molar-refractivity contribution in [3.8, 4) is 0 Å². The lowest BCUT2D eigenvalue weighted by Gasteiger charge is -2.29. The smallest absolute Gasteiger partial charge is 0.0908 e. The molecule has 2 rings (SSSR count). The molecule has 0 amide bonds. The molecule has 0 unspecified atom stereocenters. The fourth-order valence-corrected chi connectivity index (χ4v) is 2.02. The van der Waals surface area contributed by atoms with Crippen LogP contribution >= 0.6 is 11.6 Å². The lowest BCUT2D eigenvalue weighted by atomic mass is 10.2. The van der Waals surface area contributed by atoms with E-state index in [9.17, 15) is 0 Å². The molecule has 1 heterocycles. The molecule has 0 spiro atoms. The van der Waals surface area contributed by atoms with Crippen molar-refractivity contribution in [2.75, 3.05) is 45.3 Å². The van der Waals surface area contributed by atoms with E-state index in [1.165, 1.54) is 0 Å². The fourth-order valence-electron chi connectivity index (χ4n) is 1.85. The Balaban J connectivity index is 2.27. The molecule has 0 radical (unpaired) electrons. The van der Waals surface area contributed by atoms with Crippen LogP contribution in [0.1, 0.15) is 0 Å². The van der Waals surface area contributed by atoms with Gasteiger partial charge in [0.05, 0.1) is 30.9 Å². The highest BCUT2D eigenvalue weighted by molar-refractivity contribution is 6.31. The van der Waals surface area contributed by atoms with E-state index in [4.69, 9.17) is 16.3 Å². The molecule has 0 aromatic heterocycles. The summed E-state index contributed by atoms with van der Waals surface area (Å²) < 4.78 is 5.37. The van der Waals surface area contributed by atoms with E-state index < -0.39 is 0 Å². The van der Waals surface area contributed by atoms with Crippen molar-refractivity contribution in [3.05, 3.63) is 23.2 Å². The van der Waals surface area contributed by atoms with Gasteiger partial charge in [-0.3, -0.25) is 0 Å². The first-order valence-corrected chi connectivity index (χ1v) is 6.37. The summed E-state index contributed by atoms with van der Waals surface area (Å²) in [7, 11) is 3.89. The maximum atomic E-state index is 6.04. The van der Waals surface area contributed by atoms with Crippen LogP contribution in [0.25, 0.3) is 0 Å². The second-order valence-corrected chi connectivity index (χ2v) is 4.88. The average Bonchev–Trinajstić information content (AvgIpc) is 2.37. The molecule has 1 fully saturated rings. The molecule has 1 aliphatic heterocycles. The highest BCUT2D eigenvalue weighted by Gasteiger charge is 2.14. The first-order chi connectivity index (χ1) is 8.66. The topological polar surface area (TPSA) is 28.1 Å². The summed E-state index contributed by atoms with van der Waals surface area (Å²) >= 11 is 6.04. The van der Waals surface area contributed by atoms with Gasteiger partial charge in [0.25, 0.3) is 0 Å². The van der Waals surface area contributed by atoms with Gasteiger partial charge in [-0.2, -0.15) is 0 Å². The number of benzene rings is 1. The normalized spacial score (nSPS) is 16.3. The number of nitrogens with zero attached hydrogens (tertiary/aromatic N) is 3. The van der Waals surface area contributed by atoms with Gasteiger partial charge in [0.2, 0.25) is 0 Å². The molecule has 5 heteroatoms. The molecule has 0 bridgehead atoms. The van der Waals surface area contributed by atoms with Crippen molar-refractivity contribution in [2.24, 2.45) is 4.99 Å². The Hall–Kier alpha value is -1.26. The van der Waals surface area contributed by atoms with Crippen molar-refractivity contribution < 1.29 is 4.74 Å². The number of anilines is 1. The van der Waals surface area contributed by atoms with Gasteiger partial charge < -0.3 is 14.5 Å². The Morgan fingerprint density at radius 2 is 2.06 bits per heavy atom. The molecular weight excluding hydrogens is 250 g/mol. The SMILES string of the molecule is CN(C)C=Nc1cc(Cl)ccc1N1CCOCC1. The first kappa shape index (κ1) is 13.2. The van der Waals surface area contributed by atoms with Gasteiger partial charge in [-0.25, -0.2) is 4.99 Å². The number of ether oxygens (including phenoxy) is 1. The highest BCUT2D eigenvalue weighted by Crippen LogP contribution is 2.31. The van der Waals surface area contributed by atoms with Gasteiger partial charge in [0, 0.05) is 32.2 Å². The van der Waals surface area contributed by atoms with E-state index in [1.54, 1.807) is 6.34 Å². The third-order valence-electron chi connectivity index (χ3n) is 2.72. The molecule has 0 aliphatic carbocycles. The zero-order chi connectivity index (χ0) is 13.0. The number of morpholine rings is 1. The largest absolute Gasteiger partial charge is 0.378 e. The maximum absolute atomic E-state index is 6.04. The van der Waals surface area contributed by atoms with Crippen LogP contribution < -0.4 is 4.90 Å². The quantitative estimate of drug-likeness (QED) is 0.622. The molecule has 0 atom stereocenters. The van der Waals surface area contributed by atoms with Crippen LogP contribution in [0, 0.1) is 0 Å².